The standard InChI is InChI=1S/C33H25N3O/c1-21-14-16-25(22(2)18-21)32(37)31-30(27-12-7-10-23-8-3-5-11-26(23)27)33(19-34,20-35)29-17-15-24-9-4-6-13-28(24)36(29)31/h3-18,29-31H,1-2H3. The van der Waals surface area contributed by atoms with Gasteiger partial charge in [0, 0.05) is 17.2 Å². The molecule has 0 bridgehead atoms. The molecule has 2 aliphatic heterocycles. The van der Waals surface area contributed by atoms with Crippen molar-refractivity contribution in [1.82, 2.24) is 0 Å². The summed E-state index contributed by atoms with van der Waals surface area (Å²) in [5, 5.41) is 23.4. The highest BCUT2D eigenvalue weighted by molar-refractivity contribution is 6.06. The van der Waals surface area contributed by atoms with Gasteiger partial charge in [-0.15, -0.1) is 0 Å². The first kappa shape index (κ1) is 22.8. The van der Waals surface area contributed by atoms with Crippen LogP contribution in [-0.4, -0.2) is 17.9 Å². The predicted octanol–water partition coefficient (Wildman–Crippen LogP) is 6.74. The first-order valence-electron chi connectivity index (χ1n) is 12.5. The summed E-state index contributed by atoms with van der Waals surface area (Å²) in [6.45, 7) is 3.96. The Balaban J connectivity index is 1.68. The van der Waals surface area contributed by atoms with E-state index in [2.05, 4.69) is 12.1 Å². The van der Waals surface area contributed by atoms with Gasteiger partial charge in [-0.3, -0.25) is 4.79 Å². The molecule has 4 nitrogen and oxygen atoms in total. The van der Waals surface area contributed by atoms with Gasteiger partial charge in [0.2, 0.25) is 0 Å². The number of para-hydroxylation sites is 1. The van der Waals surface area contributed by atoms with Gasteiger partial charge < -0.3 is 4.90 Å². The van der Waals surface area contributed by atoms with Crippen LogP contribution in [0.2, 0.25) is 0 Å². The number of nitriles is 2. The fourth-order valence-corrected chi connectivity index (χ4v) is 6.35. The Labute approximate surface area is 216 Å². The molecular weight excluding hydrogens is 454 g/mol. The molecule has 4 aromatic rings. The van der Waals surface area contributed by atoms with E-state index < -0.39 is 23.4 Å². The molecule has 3 atom stereocenters. The highest BCUT2D eigenvalue weighted by Crippen LogP contribution is 2.56. The summed E-state index contributed by atoms with van der Waals surface area (Å²) in [6.07, 6.45) is 3.91. The molecule has 2 aliphatic rings. The average molecular weight is 480 g/mol. The zero-order valence-corrected chi connectivity index (χ0v) is 20.7. The van der Waals surface area contributed by atoms with Crippen molar-refractivity contribution in [3.63, 3.8) is 0 Å². The van der Waals surface area contributed by atoms with Gasteiger partial charge in [-0.1, -0.05) is 96.6 Å². The fraction of sp³-hybridized carbons (Fsp3) is 0.182. The predicted molar refractivity (Wildman–Crippen MR) is 146 cm³/mol. The van der Waals surface area contributed by atoms with Crippen LogP contribution in [0.3, 0.4) is 0 Å². The van der Waals surface area contributed by atoms with E-state index in [-0.39, 0.29) is 5.78 Å². The zero-order valence-electron chi connectivity index (χ0n) is 20.7. The zero-order chi connectivity index (χ0) is 25.7. The molecule has 6 rings (SSSR count). The van der Waals surface area contributed by atoms with Crippen molar-refractivity contribution >= 4 is 28.3 Å². The van der Waals surface area contributed by atoms with E-state index in [1.54, 1.807) is 0 Å². The molecule has 2 heterocycles. The molecule has 4 aromatic carbocycles. The Morgan fingerprint density at radius 3 is 2.41 bits per heavy atom. The maximum atomic E-state index is 14.6. The van der Waals surface area contributed by atoms with Crippen LogP contribution >= 0.6 is 0 Å². The van der Waals surface area contributed by atoms with E-state index in [1.807, 2.05) is 116 Å². The maximum absolute atomic E-state index is 14.6. The van der Waals surface area contributed by atoms with Crippen LogP contribution < -0.4 is 4.90 Å². The first-order chi connectivity index (χ1) is 18.0. The van der Waals surface area contributed by atoms with E-state index in [0.717, 1.165) is 38.7 Å². The molecule has 0 amide bonds. The summed E-state index contributed by atoms with van der Waals surface area (Å²) in [5.74, 6) is -0.736. The third-order valence-corrected chi connectivity index (χ3v) is 7.99. The van der Waals surface area contributed by atoms with Crippen molar-refractivity contribution < 1.29 is 4.79 Å². The second-order valence-electron chi connectivity index (χ2n) is 10.0. The fourth-order valence-electron chi connectivity index (χ4n) is 6.35. The highest BCUT2D eigenvalue weighted by atomic mass is 16.1. The highest BCUT2D eigenvalue weighted by Gasteiger charge is 2.63. The minimum atomic E-state index is -1.47. The van der Waals surface area contributed by atoms with Gasteiger partial charge in [0.25, 0.3) is 0 Å². The molecule has 1 fully saturated rings. The summed E-state index contributed by atoms with van der Waals surface area (Å²) < 4.78 is 0. The van der Waals surface area contributed by atoms with E-state index in [1.165, 1.54) is 0 Å². The van der Waals surface area contributed by atoms with E-state index in [9.17, 15) is 15.3 Å². The molecular formula is C33H25N3O. The lowest BCUT2D eigenvalue weighted by Crippen LogP contribution is -2.44. The topological polar surface area (TPSA) is 67.9 Å². The molecule has 0 N–H and O–H groups in total. The number of carbonyl (C=O) groups excluding carboxylic acids is 1. The van der Waals surface area contributed by atoms with Crippen LogP contribution in [0.15, 0.2) is 91.0 Å². The number of carbonyl (C=O) groups is 1. The number of anilines is 1. The SMILES string of the molecule is Cc1ccc(C(=O)C2C(c3cccc4ccccc34)C(C#N)(C#N)C3C=Cc4ccccc4N23)c(C)c1. The van der Waals surface area contributed by atoms with E-state index >= 15 is 0 Å². The molecule has 0 saturated carbocycles. The minimum Gasteiger partial charge on any atom is -0.351 e. The van der Waals surface area contributed by atoms with Crippen molar-refractivity contribution in [1.29, 1.82) is 10.5 Å². The first-order valence-corrected chi connectivity index (χ1v) is 12.5. The molecule has 37 heavy (non-hydrogen) atoms. The smallest absolute Gasteiger partial charge is 0.186 e. The summed E-state index contributed by atoms with van der Waals surface area (Å²) in [5.41, 5.74) is 3.83. The van der Waals surface area contributed by atoms with E-state index in [4.69, 9.17) is 0 Å². The summed E-state index contributed by atoms with van der Waals surface area (Å²) in [6, 6.07) is 31.2. The Kier molecular flexibility index (Phi) is 5.21. The van der Waals surface area contributed by atoms with Crippen LogP contribution in [0.1, 0.15) is 38.5 Å². The van der Waals surface area contributed by atoms with Crippen molar-refractivity contribution in [3.8, 4) is 12.1 Å². The number of nitrogens with zero attached hydrogens (tertiary/aromatic N) is 3. The number of hydrogen-bond donors (Lipinski definition) is 0. The van der Waals surface area contributed by atoms with Crippen molar-refractivity contribution in [3.05, 3.63) is 119 Å². The number of rotatable bonds is 3. The number of fused-ring (bicyclic) bond motifs is 4. The quantitative estimate of drug-likeness (QED) is 0.305. The molecule has 0 aliphatic carbocycles. The van der Waals surface area contributed by atoms with Crippen molar-refractivity contribution in [2.45, 2.75) is 31.8 Å². The molecule has 1 saturated heterocycles. The van der Waals surface area contributed by atoms with Gasteiger partial charge >= 0.3 is 0 Å². The van der Waals surface area contributed by atoms with Crippen molar-refractivity contribution in [2.75, 3.05) is 4.90 Å². The summed E-state index contributed by atoms with van der Waals surface area (Å²) in [4.78, 5) is 16.6. The van der Waals surface area contributed by atoms with Crippen LogP contribution in [0.25, 0.3) is 16.8 Å². The normalized spacial score (nSPS) is 21.1. The van der Waals surface area contributed by atoms with Gasteiger partial charge in [-0.25, -0.2) is 0 Å². The van der Waals surface area contributed by atoms with Crippen LogP contribution in [0.5, 0.6) is 0 Å². The summed E-state index contributed by atoms with van der Waals surface area (Å²) >= 11 is 0. The lowest BCUT2D eigenvalue weighted by Gasteiger charge is -2.35. The lowest BCUT2D eigenvalue weighted by atomic mass is 9.68. The monoisotopic (exact) mass is 479 g/mol. The van der Waals surface area contributed by atoms with Gasteiger partial charge in [0.1, 0.15) is 6.04 Å². The van der Waals surface area contributed by atoms with Crippen molar-refractivity contribution in [2.24, 2.45) is 5.41 Å². The molecule has 178 valence electrons. The second kappa shape index (κ2) is 8.47. The van der Waals surface area contributed by atoms with E-state index in [0.29, 0.717) is 5.56 Å². The minimum absolute atomic E-state index is 0.0714. The number of hydrogen-bond acceptors (Lipinski definition) is 4. The van der Waals surface area contributed by atoms with Crippen LogP contribution in [0.4, 0.5) is 5.69 Å². The average Bonchev–Trinajstić information content (AvgIpc) is 3.23. The molecule has 0 spiro atoms. The summed E-state index contributed by atoms with van der Waals surface area (Å²) in [7, 11) is 0. The van der Waals surface area contributed by atoms with Gasteiger partial charge in [-0.2, -0.15) is 10.5 Å². The lowest BCUT2D eigenvalue weighted by molar-refractivity contribution is 0.0950. The third-order valence-electron chi connectivity index (χ3n) is 7.99. The number of Topliss-reactive ketones (excluding diaryl/α,β-unsaturated/α-hetero) is 1. The van der Waals surface area contributed by atoms with Gasteiger partial charge in [0.15, 0.2) is 11.2 Å². The molecule has 0 aromatic heterocycles. The van der Waals surface area contributed by atoms with Crippen LogP contribution in [0, 0.1) is 41.9 Å². The largest absolute Gasteiger partial charge is 0.351 e. The number of benzene rings is 4. The van der Waals surface area contributed by atoms with Gasteiger partial charge in [-0.05, 0) is 47.4 Å². The van der Waals surface area contributed by atoms with Crippen LogP contribution in [-0.2, 0) is 0 Å². The molecule has 0 radical (unpaired) electrons. The maximum Gasteiger partial charge on any atom is 0.186 e. The Morgan fingerprint density at radius 2 is 1.62 bits per heavy atom. The Bertz CT molecular complexity index is 1670. The van der Waals surface area contributed by atoms with Gasteiger partial charge in [0.05, 0.1) is 18.2 Å². The number of ketones is 1. The second-order valence-corrected chi connectivity index (χ2v) is 10.0. The molecule has 3 unspecified atom stereocenters. The Morgan fingerprint density at radius 1 is 0.892 bits per heavy atom. The third kappa shape index (κ3) is 3.23. The molecule has 4 heteroatoms. The number of aryl methyl sites for hydroxylation is 2. The Hall–Kier alpha value is -4.67.